The summed E-state index contributed by atoms with van der Waals surface area (Å²) < 4.78 is 5.32. The van der Waals surface area contributed by atoms with Gasteiger partial charge in [-0.3, -0.25) is 4.79 Å². The van der Waals surface area contributed by atoms with E-state index in [1.165, 1.54) is 11.0 Å². The molecule has 2 amide bonds. The van der Waals surface area contributed by atoms with Crippen molar-refractivity contribution in [3.8, 4) is 0 Å². The monoisotopic (exact) mass is 257 g/mol. The van der Waals surface area contributed by atoms with Gasteiger partial charge < -0.3 is 4.74 Å². The fraction of sp³-hybridized carbons (Fsp3) is 0.333. The van der Waals surface area contributed by atoms with Gasteiger partial charge in [0.1, 0.15) is 12.1 Å². The zero-order valence-corrected chi connectivity index (χ0v) is 10.9. The molecule has 1 aliphatic heterocycles. The van der Waals surface area contributed by atoms with Crippen molar-refractivity contribution >= 4 is 12.0 Å². The van der Waals surface area contributed by atoms with Gasteiger partial charge in [0.05, 0.1) is 0 Å². The molecule has 1 aromatic carbocycles. The van der Waals surface area contributed by atoms with Crippen LogP contribution in [0.15, 0.2) is 35.9 Å². The number of ether oxygens (including phenoxy) is 1. The number of hydrogen-bond donors (Lipinski definition) is 0. The van der Waals surface area contributed by atoms with Crippen molar-refractivity contribution in [2.24, 2.45) is 0 Å². The molecular formula is C15H15NO3. The quantitative estimate of drug-likeness (QED) is 0.726. The van der Waals surface area contributed by atoms with Gasteiger partial charge in [0, 0.05) is 12.5 Å². The summed E-state index contributed by atoms with van der Waals surface area (Å²) in [6.07, 6.45) is 1.39. The minimum Gasteiger partial charge on any atom is -0.443 e. The van der Waals surface area contributed by atoms with Gasteiger partial charge in [0.25, 0.3) is 5.91 Å². The molecule has 1 heterocycles. The van der Waals surface area contributed by atoms with E-state index in [1.807, 2.05) is 38.1 Å². The van der Waals surface area contributed by atoms with Gasteiger partial charge in [-0.05, 0) is 25.0 Å². The summed E-state index contributed by atoms with van der Waals surface area (Å²) >= 11 is 0. The minimum atomic E-state index is -0.535. The molecule has 2 aliphatic rings. The molecule has 1 fully saturated rings. The predicted molar refractivity (Wildman–Crippen MR) is 69.4 cm³/mol. The van der Waals surface area contributed by atoms with Crippen LogP contribution in [0.3, 0.4) is 0 Å². The van der Waals surface area contributed by atoms with Crippen molar-refractivity contribution in [1.29, 1.82) is 0 Å². The first-order valence-corrected chi connectivity index (χ1v) is 6.34. The Morgan fingerprint density at radius 2 is 2.11 bits per heavy atom. The molecule has 0 aromatic heterocycles. The van der Waals surface area contributed by atoms with Crippen LogP contribution in [0.5, 0.6) is 0 Å². The summed E-state index contributed by atoms with van der Waals surface area (Å²) in [6, 6.07) is 7.60. The first-order valence-electron chi connectivity index (χ1n) is 6.34. The second-order valence-electron chi connectivity index (χ2n) is 5.20. The third-order valence-electron chi connectivity index (χ3n) is 3.52. The molecule has 1 aromatic rings. The van der Waals surface area contributed by atoms with E-state index >= 15 is 0 Å². The molecule has 0 radical (unpaired) electrons. The maximum Gasteiger partial charge on any atom is 0.417 e. The van der Waals surface area contributed by atoms with Crippen molar-refractivity contribution in [3.63, 3.8) is 0 Å². The van der Waals surface area contributed by atoms with E-state index < -0.39 is 6.09 Å². The van der Waals surface area contributed by atoms with Crippen LogP contribution in [0.2, 0.25) is 0 Å². The van der Waals surface area contributed by atoms with Gasteiger partial charge in [0.15, 0.2) is 0 Å². The summed E-state index contributed by atoms with van der Waals surface area (Å²) in [5.74, 6) is -0.297. The molecule has 0 unspecified atom stereocenters. The van der Waals surface area contributed by atoms with E-state index in [0.29, 0.717) is 6.42 Å². The van der Waals surface area contributed by atoms with Crippen LogP contribution in [-0.2, 0) is 16.0 Å². The summed E-state index contributed by atoms with van der Waals surface area (Å²) in [6.45, 7) is 3.67. The molecule has 0 spiro atoms. The molecule has 1 saturated heterocycles. The lowest BCUT2D eigenvalue weighted by atomic mass is 10.1. The second-order valence-corrected chi connectivity index (χ2v) is 5.20. The van der Waals surface area contributed by atoms with Gasteiger partial charge in [-0.1, -0.05) is 29.8 Å². The lowest BCUT2D eigenvalue weighted by molar-refractivity contribution is -0.124. The van der Waals surface area contributed by atoms with Crippen molar-refractivity contribution in [2.45, 2.75) is 32.4 Å². The number of allylic oxidation sites excluding steroid dienone is 1. The smallest absolute Gasteiger partial charge is 0.417 e. The number of imide groups is 1. The predicted octanol–water partition coefficient (Wildman–Crippen LogP) is 2.60. The van der Waals surface area contributed by atoms with Crippen LogP contribution >= 0.6 is 0 Å². The highest BCUT2D eigenvalue weighted by atomic mass is 16.6. The highest BCUT2D eigenvalue weighted by molar-refractivity contribution is 6.00. The maximum absolute atomic E-state index is 12.2. The Labute approximate surface area is 111 Å². The molecular weight excluding hydrogens is 242 g/mol. The zero-order chi connectivity index (χ0) is 13.6. The molecule has 0 N–H and O–H groups in total. The van der Waals surface area contributed by atoms with Crippen LogP contribution in [-0.4, -0.2) is 23.0 Å². The molecule has 2 atom stereocenters. The number of benzene rings is 1. The van der Waals surface area contributed by atoms with Crippen molar-refractivity contribution < 1.29 is 14.3 Å². The van der Waals surface area contributed by atoms with E-state index in [9.17, 15) is 9.59 Å². The fourth-order valence-electron chi connectivity index (χ4n) is 2.79. The summed E-state index contributed by atoms with van der Waals surface area (Å²) in [5.41, 5.74) is 3.04. The maximum atomic E-state index is 12.2. The Kier molecular flexibility index (Phi) is 2.66. The number of fused-ring (bicyclic) bond motifs is 3. The normalized spacial score (nSPS) is 23.7. The van der Waals surface area contributed by atoms with Crippen molar-refractivity contribution in [2.75, 3.05) is 0 Å². The molecule has 4 nitrogen and oxygen atoms in total. The lowest BCUT2D eigenvalue weighted by Gasteiger charge is -2.18. The zero-order valence-electron chi connectivity index (χ0n) is 10.9. The second kappa shape index (κ2) is 4.23. The van der Waals surface area contributed by atoms with Gasteiger partial charge in [0.2, 0.25) is 0 Å². The Bertz CT molecular complexity index is 587. The largest absolute Gasteiger partial charge is 0.443 e. The Morgan fingerprint density at radius 1 is 1.37 bits per heavy atom. The number of carbonyl (C=O) groups excluding carboxylic acids is 2. The summed E-state index contributed by atoms with van der Waals surface area (Å²) in [5, 5.41) is 0. The highest BCUT2D eigenvalue weighted by Crippen LogP contribution is 2.42. The van der Waals surface area contributed by atoms with Crippen LogP contribution in [0.1, 0.15) is 31.0 Å². The van der Waals surface area contributed by atoms with E-state index in [4.69, 9.17) is 4.74 Å². The van der Waals surface area contributed by atoms with Crippen LogP contribution in [0.4, 0.5) is 4.79 Å². The van der Waals surface area contributed by atoms with Crippen molar-refractivity contribution in [3.05, 3.63) is 47.0 Å². The van der Waals surface area contributed by atoms with Gasteiger partial charge in [-0.15, -0.1) is 0 Å². The average Bonchev–Trinajstić information content (AvgIpc) is 2.82. The van der Waals surface area contributed by atoms with Crippen LogP contribution < -0.4 is 0 Å². The topological polar surface area (TPSA) is 46.6 Å². The minimum absolute atomic E-state index is 0.237. The fourth-order valence-corrected chi connectivity index (χ4v) is 2.79. The standard InChI is InChI=1S/C15H15NO3/c1-9(2)7-13(17)16-14-11-6-4-3-5-10(11)8-12(14)19-15(16)18/h3-7,12,14H,8H2,1-2H3/t12-,14+/m1/s1. The first kappa shape index (κ1) is 12.0. The van der Waals surface area contributed by atoms with Crippen molar-refractivity contribution in [1.82, 2.24) is 4.90 Å². The Morgan fingerprint density at radius 3 is 2.84 bits per heavy atom. The van der Waals surface area contributed by atoms with E-state index in [2.05, 4.69) is 0 Å². The van der Waals surface area contributed by atoms with Crippen LogP contribution in [0, 0.1) is 0 Å². The third kappa shape index (κ3) is 1.84. The number of amides is 2. The molecule has 4 heteroatoms. The van der Waals surface area contributed by atoms with E-state index in [0.717, 1.165) is 16.7 Å². The molecule has 1 aliphatic carbocycles. The SMILES string of the molecule is CC(C)=CC(=O)N1C(=O)O[C@@H]2Cc3ccccc3[C@@H]21. The van der Waals surface area contributed by atoms with Gasteiger partial charge >= 0.3 is 6.09 Å². The van der Waals surface area contributed by atoms with Gasteiger partial charge in [-0.2, -0.15) is 0 Å². The molecule has 19 heavy (non-hydrogen) atoms. The van der Waals surface area contributed by atoms with E-state index in [1.54, 1.807) is 0 Å². The number of nitrogens with zero attached hydrogens (tertiary/aromatic N) is 1. The average molecular weight is 257 g/mol. The molecule has 3 rings (SSSR count). The molecule has 0 saturated carbocycles. The molecule has 0 bridgehead atoms. The highest BCUT2D eigenvalue weighted by Gasteiger charge is 2.49. The number of carbonyl (C=O) groups is 2. The Balaban J connectivity index is 2.00. The third-order valence-corrected chi connectivity index (χ3v) is 3.52. The molecule has 98 valence electrons. The lowest BCUT2D eigenvalue weighted by Crippen LogP contribution is -2.33. The Hall–Kier alpha value is -2.10. The number of rotatable bonds is 1. The first-order chi connectivity index (χ1) is 9.08. The summed E-state index contributed by atoms with van der Waals surface area (Å²) in [7, 11) is 0. The van der Waals surface area contributed by atoms with Gasteiger partial charge in [-0.25, -0.2) is 9.69 Å². The summed E-state index contributed by atoms with van der Waals surface area (Å²) in [4.78, 5) is 25.3. The van der Waals surface area contributed by atoms with E-state index in [-0.39, 0.29) is 18.1 Å². The number of hydrogen-bond acceptors (Lipinski definition) is 3. The van der Waals surface area contributed by atoms with Crippen LogP contribution in [0.25, 0.3) is 0 Å².